The molecule has 2 unspecified atom stereocenters. The molecule has 2 atom stereocenters. The van der Waals surface area contributed by atoms with Crippen molar-refractivity contribution in [2.75, 3.05) is 13.1 Å². The molecule has 0 aromatic heterocycles. The highest BCUT2D eigenvalue weighted by Crippen LogP contribution is 2.30. The van der Waals surface area contributed by atoms with Crippen LogP contribution in [0.3, 0.4) is 0 Å². The van der Waals surface area contributed by atoms with Crippen molar-refractivity contribution in [3.8, 4) is 0 Å². The molecule has 1 aliphatic carbocycles. The summed E-state index contributed by atoms with van der Waals surface area (Å²) in [5.74, 6) is 1.60. The first-order chi connectivity index (χ1) is 8.67. The van der Waals surface area contributed by atoms with Gasteiger partial charge in [-0.15, -0.1) is 0 Å². The van der Waals surface area contributed by atoms with Crippen LogP contribution in [0.5, 0.6) is 0 Å². The Hall–Kier alpha value is -0.570. The number of carbonyl (C=O) groups is 1. The highest BCUT2D eigenvalue weighted by atomic mass is 16.1. The minimum atomic E-state index is 0.207. The summed E-state index contributed by atoms with van der Waals surface area (Å²) in [6, 6.07) is 0. The van der Waals surface area contributed by atoms with E-state index in [4.69, 9.17) is 5.73 Å². The van der Waals surface area contributed by atoms with Gasteiger partial charge in [0.2, 0.25) is 5.91 Å². The van der Waals surface area contributed by atoms with Crippen molar-refractivity contribution < 1.29 is 4.79 Å². The normalized spacial score (nSPS) is 20.4. The zero-order valence-corrected chi connectivity index (χ0v) is 12.1. The van der Waals surface area contributed by atoms with Gasteiger partial charge in [-0.05, 0) is 31.2 Å². The average Bonchev–Trinajstić information content (AvgIpc) is 2.42. The van der Waals surface area contributed by atoms with Gasteiger partial charge in [-0.3, -0.25) is 4.79 Å². The van der Waals surface area contributed by atoms with E-state index >= 15 is 0 Å². The lowest BCUT2D eigenvalue weighted by atomic mass is 9.82. The molecule has 1 aliphatic rings. The predicted octanol–water partition coefficient (Wildman–Crippen LogP) is 2.69. The SMILES string of the molecule is CCC(CC1CCCCC1)C(=O)NCC(C)CN. The van der Waals surface area contributed by atoms with Gasteiger partial charge < -0.3 is 11.1 Å². The standard InChI is InChI=1S/C15H30N2O/c1-3-14(9-13-7-5-4-6-8-13)15(18)17-11-12(2)10-16/h12-14H,3-11,16H2,1-2H3,(H,17,18). The Morgan fingerprint density at radius 2 is 2.00 bits per heavy atom. The molecular formula is C15H30N2O. The van der Waals surface area contributed by atoms with E-state index in [0.717, 1.165) is 25.3 Å². The highest BCUT2D eigenvalue weighted by molar-refractivity contribution is 5.78. The lowest BCUT2D eigenvalue weighted by Gasteiger charge is -2.25. The fourth-order valence-electron chi connectivity index (χ4n) is 2.79. The van der Waals surface area contributed by atoms with Crippen LogP contribution < -0.4 is 11.1 Å². The van der Waals surface area contributed by atoms with Crippen molar-refractivity contribution >= 4 is 5.91 Å². The third-order valence-electron chi connectivity index (χ3n) is 4.23. The Labute approximate surface area is 112 Å². The molecule has 0 spiro atoms. The number of hydrogen-bond acceptors (Lipinski definition) is 2. The van der Waals surface area contributed by atoms with Gasteiger partial charge in [-0.2, -0.15) is 0 Å². The molecule has 0 saturated heterocycles. The zero-order valence-electron chi connectivity index (χ0n) is 12.1. The molecule has 1 fully saturated rings. The van der Waals surface area contributed by atoms with Gasteiger partial charge in [0.1, 0.15) is 0 Å². The summed E-state index contributed by atoms with van der Waals surface area (Å²) >= 11 is 0. The number of nitrogens with one attached hydrogen (secondary N) is 1. The van der Waals surface area contributed by atoms with Gasteiger partial charge in [0.15, 0.2) is 0 Å². The van der Waals surface area contributed by atoms with E-state index in [1.165, 1.54) is 32.1 Å². The second-order valence-electron chi connectivity index (χ2n) is 5.93. The number of hydrogen-bond donors (Lipinski definition) is 2. The van der Waals surface area contributed by atoms with Crippen LogP contribution >= 0.6 is 0 Å². The van der Waals surface area contributed by atoms with E-state index in [-0.39, 0.29) is 11.8 Å². The van der Waals surface area contributed by atoms with Crippen LogP contribution in [0.1, 0.15) is 58.8 Å². The van der Waals surface area contributed by atoms with Gasteiger partial charge >= 0.3 is 0 Å². The molecule has 3 N–H and O–H groups in total. The van der Waals surface area contributed by atoms with Crippen molar-refractivity contribution in [3.63, 3.8) is 0 Å². The fourth-order valence-corrected chi connectivity index (χ4v) is 2.79. The first-order valence-electron chi connectivity index (χ1n) is 7.65. The Morgan fingerprint density at radius 3 is 2.56 bits per heavy atom. The van der Waals surface area contributed by atoms with Gasteiger partial charge in [0, 0.05) is 12.5 Å². The van der Waals surface area contributed by atoms with Gasteiger partial charge in [-0.1, -0.05) is 46.0 Å². The van der Waals surface area contributed by atoms with E-state index in [0.29, 0.717) is 12.5 Å². The summed E-state index contributed by atoms with van der Waals surface area (Å²) in [6.45, 7) is 5.55. The molecule has 0 aromatic carbocycles. The zero-order chi connectivity index (χ0) is 13.4. The van der Waals surface area contributed by atoms with Crippen LogP contribution in [0, 0.1) is 17.8 Å². The van der Waals surface area contributed by atoms with Crippen molar-refractivity contribution in [1.29, 1.82) is 0 Å². The van der Waals surface area contributed by atoms with Crippen LogP contribution in [0.2, 0.25) is 0 Å². The first kappa shape index (κ1) is 15.5. The van der Waals surface area contributed by atoms with Crippen molar-refractivity contribution in [3.05, 3.63) is 0 Å². The lowest BCUT2D eigenvalue weighted by molar-refractivity contribution is -0.125. The topological polar surface area (TPSA) is 55.1 Å². The van der Waals surface area contributed by atoms with E-state index < -0.39 is 0 Å². The quantitative estimate of drug-likeness (QED) is 0.734. The van der Waals surface area contributed by atoms with E-state index in [2.05, 4.69) is 19.2 Å². The summed E-state index contributed by atoms with van der Waals surface area (Å²) in [5, 5.41) is 3.06. The molecule has 0 radical (unpaired) electrons. The first-order valence-corrected chi connectivity index (χ1v) is 7.65. The van der Waals surface area contributed by atoms with E-state index in [1.807, 2.05) is 0 Å². The van der Waals surface area contributed by atoms with E-state index in [1.54, 1.807) is 0 Å². The van der Waals surface area contributed by atoms with Crippen LogP contribution in [-0.4, -0.2) is 19.0 Å². The Morgan fingerprint density at radius 1 is 1.33 bits per heavy atom. The maximum atomic E-state index is 12.1. The average molecular weight is 254 g/mol. The van der Waals surface area contributed by atoms with Crippen molar-refractivity contribution in [1.82, 2.24) is 5.32 Å². The van der Waals surface area contributed by atoms with Crippen molar-refractivity contribution in [2.45, 2.75) is 58.8 Å². The monoisotopic (exact) mass is 254 g/mol. The second-order valence-corrected chi connectivity index (χ2v) is 5.93. The summed E-state index contributed by atoms with van der Waals surface area (Å²) in [5.41, 5.74) is 5.56. The molecule has 1 saturated carbocycles. The maximum Gasteiger partial charge on any atom is 0.223 e. The molecule has 0 aliphatic heterocycles. The molecular weight excluding hydrogens is 224 g/mol. The van der Waals surface area contributed by atoms with E-state index in [9.17, 15) is 4.79 Å². The molecule has 3 heteroatoms. The van der Waals surface area contributed by atoms with Gasteiger partial charge in [0.05, 0.1) is 0 Å². The number of rotatable bonds is 7. The molecule has 0 aromatic rings. The van der Waals surface area contributed by atoms with Crippen LogP contribution in [-0.2, 0) is 4.79 Å². The smallest absolute Gasteiger partial charge is 0.223 e. The lowest BCUT2D eigenvalue weighted by Crippen LogP contribution is -2.36. The molecule has 0 bridgehead atoms. The van der Waals surface area contributed by atoms with Crippen molar-refractivity contribution in [2.24, 2.45) is 23.5 Å². The summed E-state index contributed by atoms with van der Waals surface area (Å²) < 4.78 is 0. The minimum Gasteiger partial charge on any atom is -0.356 e. The Kier molecular flexibility index (Phi) is 7.33. The minimum absolute atomic E-state index is 0.207. The highest BCUT2D eigenvalue weighted by Gasteiger charge is 2.22. The third-order valence-corrected chi connectivity index (χ3v) is 4.23. The maximum absolute atomic E-state index is 12.1. The second kappa shape index (κ2) is 8.52. The fraction of sp³-hybridized carbons (Fsp3) is 0.933. The summed E-state index contributed by atoms with van der Waals surface area (Å²) in [6.07, 6.45) is 8.78. The molecule has 1 rings (SSSR count). The summed E-state index contributed by atoms with van der Waals surface area (Å²) in [7, 11) is 0. The third kappa shape index (κ3) is 5.38. The van der Waals surface area contributed by atoms with Gasteiger partial charge in [0.25, 0.3) is 0 Å². The predicted molar refractivity (Wildman–Crippen MR) is 76.2 cm³/mol. The number of carbonyl (C=O) groups excluding carboxylic acids is 1. The molecule has 106 valence electrons. The molecule has 18 heavy (non-hydrogen) atoms. The van der Waals surface area contributed by atoms with Crippen LogP contribution in [0.15, 0.2) is 0 Å². The molecule has 1 amide bonds. The molecule has 0 heterocycles. The molecule has 3 nitrogen and oxygen atoms in total. The Bertz CT molecular complexity index is 237. The number of nitrogens with two attached hydrogens (primary N) is 1. The van der Waals surface area contributed by atoms with Crippen LogP contribution in [0.4, 0.5) is 0 Å². The Balaban J connectivity index is 2.32. The van der Waals surface area contributed by atoms with Crippen LogP contribution in [0.25, 0.3) is 0 Å². The summed E-state index contributed by atoms with van der Waals surface area (Å²) in [4.78, 5) is 12.1. The van der Waals surface area contributed by atoms with Gasteiger partial charge in [-0.25, -0.2) is 0 Å². The largest absolute Gasteiger partial charge is 0.356 e. The number of amides is 1.